The van der Waals surface area contributed by atoms with Crippen LogP contribution in [-0.2, 0) is 11.2 Å². The summed E-state index contributed by atoms with van der Waals surface area (Å²) in [6.07, 6.45) is 6.91. The highest BCUT2D eigenvalue weighted by Crippen LogP contribution is 2.61. The first kappa shape index (κ1) is 20.2. The van der Waals surface area contributed by atoms with Gasteiger partial charge in [0.05, 0.1) is 14.2 Å². The fourth-order valence-corrected chi connectivity index (χ4v) is 6.49. The van der Waals surface area contributed by atoms with Crippen LogP contribution in [0, 0.1) is 17.3 Å². The molecule has 4 nitrogen and oxygen atoms in total. The molecule has 0 aromatic heterocycles. The molecular formula is C27H30O4. The molecule has 0 saturated heterocycles. The molecule has 3 aliphatic rings. The molecule has 0 heterocycles. The number of phenolic OH excluding ortho intramolecular Hbond substituents is 1. The Kier molecular flexibility index (Phi) is 4.84. The fraction of sp³-hybridized carbons (Fsp3) is 0.444. The second-order valence-corrected chi connectivity index (χ2v) is 9.57. The minimum absolute atomic E-state index is 0.277. The average molecular weight is 419 g/mol. The van der Waals surface area contributed by atoms with Gasteiger partial charge in [-0.25, -0.2) is 0 Å². The van der Waals surface area contributed by atoms with Gasteiger partial charge in [-0.3, -0.25) is 4.79 Å². The van der Waals surface area contributed by atoms with Gasteiger partial charge in [-0.2, -0.15) is 0 Å². The van der Waals surface area contributed by atoms with Crippen molar-refractivity contribution in [2.45, 2.75) is 44.9 Å². The monoisotopic (exact) mass is 418 g/mol. The van der Waals surface area contributed by atoms with E-state index in [1.165, 1.54) is 11.1 Å². The number of hydrogen-bond donors (Lipinski definition) is 1. The van der Waals surface area contributed by atoms with Gasteiger partial charge < -0.3 is 14.6 Å². The zero-order valence-electron chi connectivity index (χ0n) is 18.5. The molecule has 4 unspecified atom stereocenters. The van der Waals surface area contributed by atoms with Crippen LogP contribution in [0.25, 0.3) is 6.08 Å². The molecule has 1 N–H and O–H groups in total. The van der Waals surface area contributed by atoms with Crippen molar-refractivity contribution in [3.05, 3.63) is 58.7 Å². The van der Waals surface area contributed by atoms with Gasteiger partial charge in [0.25, 0.3) is 0 Å². The number of ether oxygens (including phenoxy) is 2. The second-order valence-electron chi connectivity index (χ2n) is 9.57. The summed E-state index contributed by atoms with van der Waals surface area (Å²) in [5, 5.41) is 9.89. The van der Waals surface area contributed by atoms with E-state index in [0.29, 0.717) is 29.3 Å². The lowest BCUT2D eigenvalue weighted by atomic mass is 9.55. The van der Waals surface area contributed by atoms with E-state index in [-0.39, 0.29) is 5.41 Å². The van der Waals surface area contributed by atoms with E-state index in [1.807, 2.05) is 36.4 Å². The Labute approximate surface area is 183 Å². The number of hydrogen-bond acceptors (Lipinski definition) is 4. The Hall–Kier alpha value is -2.75. The molecule has 4 heteroatoms. The lowest BCUT2D eigenvalue weighted by Gasteiger charge is -2.48. The van der Waals surface area contributed by atoms with Crippen LogP contribution in [0.1, 0.15) is 55.2 Å². The van der Waals surface area contributed by atoms with Gasteiger partial charge in [-0.1, -0.05) is 13.0 Å². The summed E-state index contributed by atoms with van der Waals surface area (Å²) in [6, 6.07) is 11.6. The number of benzene rings is 2. The van der Waals surface area contributed by atoms with Crippen molar-refractivity contribution in [2.24, 2.45) is 17.3 Å². The van der Waals surface area contributed by atoms with E-state index in [2.05, 4.69) is 13.0 Å². The number of methoxy groups -OCH3 is 2. The van der Waals surface area contributed by atoms with Crippen molar-refractivity contribution in [1.29, 1.82) is 0 Å². The van der Waals surface area contributed by atoms with Crippen LogP contribution in [0.3, 0.4) is 0 Å². The molecule has 3 aliphatic carbocycles. The second kappa shape index (κ2) is 7.44. The Bertz CT molecular complexity index is 1070. The van der Waals surface area contributed by atoms with Gasteiger partial charge in [0.15, 0.2) is 5.78 Å². The van der Waals surface area contributed by atoms with Crippen LogP contribution in [0.4, 0.5) is 0 Å². The summed E-state index contributed by atoms with van der Waals surface area (Å²) < 4.78 is 10.9. The Morgan fingerprint density at radius 1 is 1.10 bits per heavy atom. The first-order chi connectivity index (χ1) is 14.9. The van der Waals surface area contributed by atoms with Crippen molar-refractivity contribution >= 4 is 11.9 Å². The van der Waals surface area contributed by atoms with Crippen LogP contribution in [-0.4, -0.2) is 25.1 Å². The van der Waals surface area contributed by atoms with Gasteiger partial charge >= 0.3 is 0 Å². The number of Topliss-reactive ketones (excluding diaryl/α,β-unsaturated/α-hetero) is 1. The van der Waals surface area contributed by atoms with E-state index < -0.39 is 0 Å². The van der Waals surface area contributed by atoms with Crippen molar-refractivity contribution in [2.75, 3.05) is 14.2 Å². The number of fused-ring (bicyclic) bond motifs is 5. The first-order valence-electron chi connectivity index (χ1n) is 11.2. The van der Waals surface area contributed by atoms with E-state index in [9.17, 15) is 9.90 Å². The van der Waals surface area contributed by atoms with Crippen molar-refractivity contribution in [3.8, 4) is 17.2 Å². The average Bonchev–Trinajstić information content (AvgIpc) is 3.04. The fourth-order valence-electron chi connectivity index (χ4n) is 6.49. The number of ketones is 1. The molecule has 4 atom stereocenters. The Balaban J connectivity index is 1.48. The number of carbonyl (C=O) groups excluding carboxylic acids is 1. The third-order valence-electron chi connectivity index (χ3n) is 8.12. The van der Waals surface area contributed by atoms with E-state index in [1.54, 1.807) is 14.2 Å². The van der Waals surface area contributed by atoms with Crippen LogP contribution in [0.15, 0.2) is 42.0 Å². The van der Waals surface area contributed by atoms with Crippen LogP contribution in [0.2, 0.25) is 0 Å². The van der Waals surface area contributed by atoms with Gasteiger partial charge in [0.1, 0.15) is 17.2 Å². The van der Waals surface area contributed by atoms with Gasteiger partial charge in [-0.15, -0.1) is 0 Å². The van der Waals surface area contributed by atoms with E-state index in [4.69, 9.17) is 9.47 Å². The Morgan fingerprint density at radius 3 is 2.71 bits per heavy atom. The van der Waals surface area contributed by atoms with E-state index >= 15 is 0 Å². The smallest absolute Gasteiger partial charge is 0.165 e. The summed E-state index contributed by atoms with van der Waals surface area (Å²) in [5.74, 6) is 3.51. The SMILES string of the molecule is COc1ccc(C=C2CC3C4CCc5cc(O)ccc5C4CCC3(C)C2=O)c(OC)c1. The maximum atomic E-state index is 13.6. The minimum Gasteiger partial charge on any atom is -0.508 e. The van der Waals surface area contributed by atoms with Crippen molar-refractivity contribution in [1.82, 2.24) is 0 Å². The molecule has 162 valence electrons. The predicted octanol–water partition coefficient (Wildman–Crippen LogP) is 5.53. The highest BCUT2D eigenvalue weighted by Gasteiger charge is 2.56. The normalized spacial score (nSPS) is 30.5. The summed E-state index contributed by atoms with van der Waals surface area (Å²) in [6.45, 7) is 2.19. The predicted molar refractivity (Wildman–Crippen MR) is 121 cm³/mol. The number of aromatic hydroxyl groups is 1. The largest absolute Gasteiger partial charge is 0.508 e. The third kappa shape index (κ3) is 3.15. The van der Waals surface area contributed by atoms with Crippen LogP contribution >= 0.6 is 0 Å². The molecule has 2 saturated carbocycles. The van der Waals surface area contributed by atoms with Crippen LogP contribution in [0.5, 0.6) is 17.2 Å². The minimum atomic E-state index is -0.277. The molecule has 0 bridgehead atoms. The quantitative estimate of drug-likeness (QED) is 0.666. The Morgan fingerprint density at radius 2 is 1.94 bits per heavy atom. The highest BCUT2D eigenvalue weighted by atomic mass is 16.5. The first-order valence-corrected chi connectivity index (χ1v) is 11.2. The van der Waals surface area contributed by atoms with Gasteiger partial charge in [-0.05, 0) is 96.9 Å². The molecule has 0 radical (unpaired) electrons. The van der Waals surface area contributed by atoms with Gasteiger partial charge in [0, 0.05) is 17.0 Å². The number of phenols is 1. The summed E-state index contributed by atoms with van der Waals surface area (Å²) >= 11 is 0. The van der Waals surface area contributed by atoms with Crippen molar-refractivity contribution < 1.29 is 19.4 Å². The lowest BCUT2D eigenvalue weighted by Crippen LogP contribution is -2.42. The molecule has 0 spiro atoms. The molecule has 5 rings (SSSR count). The standard InChI is InChI=1S/C27H30O4/c1-27-11-10-22-21-9-6-19(28)13-16(21)5-8-23(22)24(27)14-18(26(27)29)12-17-4-7-20(30-2)15-25(17)31-3/h4,6-7,9,12-13,15,22-24,28H,5,8,10-11,14H2,1-3H3. The van der Waals surface area contributed by atoms with Crippen molar-refractivity contribution in [3.63, 3.8) is 0 Å². The molecule has 2 fully saturated rings. The highest BCUT2D eigenvalue weighted by molar-refractivity contribution is 6.06. The molecule has 31 heavy (non-hydrogen) atoms. The lowest BCUT2D eigenvalue weighted by molar-refractivity contribution is -0.127. The molecular weight excluding hydrogens is 388 g/mol. The zero-order valence-corrected chi connectivity index (χ0v) is 18.5. The summed E-state index contributed by atoms with van der Waals surface area (Å²) in [4.78, 5) is 13.6. The maximum absolute atomic E-state index is 13.6. The maximum Gasteiger partial charge on any atom is 0.165 e. The molecule has 0 aliphatic heterocycles. The summed E-state index contributed by atoms with van der Waals surface area (Å²) in [5.41, 5.74) is 4.25. The van der Waals surface area contributed by atoms with E-state index in [0.717, 1.165) is 54.7 Å². The van der Waals surface area contributed by atoms with Gasteiger partial charge in [0.2, 0.25) is 0 Å². The number of carbonyl (C=O) groups is 1. The zero-order chi connectivity index (χ0) is 21.8. The van der Waals surface area contributed by atoms with Crippen LogP contribution < -0.4 is 9.47 Å². The summed E-state index contributed by atoms with van der Waals surface area (Å²) in [7, 11) is 3.29. The molecule has 2 aromatic carbocycles. The number of rotatable bonds is 3. The molecule has 2 aromatic rings. The third-order valence-corrected chi connectivity index (χ3v) is 8.12. The number of allylic oxidation sites excluding steroid dienone is 1. The number of aryl methyl sites for hydroxylation is 1. The molecule has 0 amide bonds. The topological polar surface area (TPSA) is 55.8 Å².